The Bertz CT molecular complexity index is 1050. The van der Waals surface area contributed by atoms with Crippen molar-refractivity contribution in [3.05, 3.63) is 17.5 Å². The van der Waals surface area contributed by atoms with Gasteiger partial charge in [0, 0.05) is 32.4 Å². The SMILES string of the molecule is CN(C)NS(=O)(=O)n1cc2c(n1)C(CNC(=O)O)N1CC2N(OS(=O)(=O)O)C1=O. The van der Waals surface area contributed by atoms with Gasteiger partial charge in [-0.15, -0.1) is 9.11 Å². The van der Waals surface area contributed by atoms with Gasteiger partial charge in [0.2, 0.25) is 0 Å². The molecule has 2 unspecified atom stereocenters. The summed E-state index contributed by atoms with van der Waals surface area (Å²) >= 11 is 0. The first-order valence-corrected chi connectivity index (χ1v) is 10.6. The number of nitrogens with zero attached hydrogens (tertiary/aromatic N) is 5. The Morgan fingerprint density at radius 1 is 1.38 bits per heavy atom. The van der Waals surface area contributed by atoms with Gasteiger partial charge in [-0.2, -0.15) is 31.1 Å². The lowest BCUT2D eigenvalue weighted by Gasteiger charge is -2.29. The highest BCUT2D eigenvalue weighted by molar-refractivity contribution is 7.87. The fourth-order valence-electron chi connectivity index (χ4n) is 3.10. The van der Waals surface area contributed by atoms with E-state index in [1.165, 1.54) is 14.1 Å². The fraction of sp³-hybridized carbons (Fsp3) is 0.545. The molecular weight excluding hydrogens is 438 g/mol. The van der Waals surface area contributed by atoms with E-state index in [-0.39, 0.29) is 24.3 Å². The largest absolute Gasteiger partial charge is 0.465 e. The maximum atomic E-state index is 12.5. The van der Waals surface area contributed by atoms with E-state index in [9.17, 15) is 26.4 Å². The number of nitrogens with one attached hydrogen (secondary N) is 2. The van der Waals surface area contributed by atoms with E-state index >= 15 is 0 Å². The third-order valence-electron chi connectivity index (χ3n) is 4.05. The van der Waals surface area contributed by atoms with E-state index in [0.29, 0.717) is 9.15 Å². The molecule has 0 spiro atoms. The van der Waals surface area contributed by atoms with E-state index in [0.717, 1.165) is 16.1 Å². The fourth-order valence-corrected chi connectivity index (χ4v) is 4.46. The zero-order valence-corrected chi connectivity index (χ0v) is 16.6. The second kappa shape index (κ2) is 7.07. The molecule has 3 rings (SSSR count). The molecule has 2 bridgehead atoms. The van der Waals surface area contributed by atoms with E-state index in [4.69, 9.17) is 9.66 Å². The Morgan fingerprint density at radius 3 is 2.59 bits per heavy atom. The zero-order chi connectivity index (χ0) is 21.7. The molecule has 3 amide bonds. The van der Waals surface area contributed by atoms with Crippen LogP contribution in [0.15, 0.2) is 6.20 Å². The maximum Gasteiger partial charge on any atom is 0.418 e. The third-order valence-corrected chi connectivity index (χ3v) is 5.68. The van der Waals surface area contributed by atoms with Crippen LogP contribution in [0.3, 0.4) is 0 Å². The summed E-state index contributed by atoms with van der Waals surface area (Å²) in [6.07, 6.45) is -0.344. The van der Waals surface area contributed by atoms with Gasteiger partial charge in [0.15, 0.2) is 0 Å². The Balaban J connectivity index is 2.07. The number of fused-ring (bicyclic) bond motifs is 4. The van der Waals surface area contributed by atoms with Crippen molar-refractivity contribution in [1.82, 2.24) is 34.3 Å². The number of urea groups is 1. The van der Waals surface area contributed by atoms with Gasteiger partial charge in [0.1, 0.15) is 6.04 Å². The summed E-state index contributed by atoms with van der Waals surface area (Å²) in [5, 5.41) is 16.4. The molecule has 0 saturated carbocycles. The van der Waals surface area contributed by atoms with Crippen LogP contribution < -0.4 is 10.1 Å². The minimum absolute atomic E-state index is 0.0221. The number of aromatic nitrogens is 2. The normalized spacial score (nSPS) is 21.6. The van der Waals surface area contributed by atoms with Gasteiger partial charge < -0.3 is 15.3 Å². The van der Waals surface area contributed by atoms with Gasteiger partial charge >= 0.3 is 32.7 Å². The average Bonchev–Trinajstić information content (AvgIpc) is 3.10. The van der Waals surface area contributed by atoms with Crippen molar-refractivity contribution in [2.75, 3.05) is 27.2 Å². The molecule has 0 radical (unpaired) electrons. The predicted octanol–water partition coefficient (Wildman–Crippen LogP) is -2.12. The summed E-state index contributed by atoms with van der Waals surface area (Å²) in [6, 6.07) is -3.12. The highest BCUT2D eigenvalue weighted by Crippen LogP contribution is 2.43. The van der Waals surface area contributed by atoms with E-state index in [1.807, 2.05) is 0 Å². The summed E-state index contributed by atoms with van der Waals surface area (Å²) in [7, 11) is -6.38. The Hall–Kier alpha value is -2.51. The number of carboxylic acid groups (broad SMARTS) is 1. The van der Waals surface area contributed by atoms with Crippen LogP contribution in [0.2, 0.25) is 0 Å². The van der Waals surface area contributed by atoms with Gasteiger partial charge in [-0.1, -0.05) is 0 Å². The molecule has 162 valence electrons. The molecular formula is C11H17N7O9S2. The first-order chi connectivity index (χ1) is 13.3. The van der Waals surface area contributed by atoms with Crippen LogP contribution in [-0.4, -0.2) is 90.0 Å². The molecule has 1 aromatic heterocycles. The second-order valence-corrected chi connectivity index (χ2v) is 8.82. The zero-order valence-electron chi connectivity index (χ0n) is 15.0. The van der Waals surface area contributed by atoms with Crippen molar-refractivity contribution >= 4 is 32.7 Å². The number of carbonyl (C=O) groups is 2. The number of rotatable bonds is 7. The summed E-state index contributed by atoms with van der Waals surface area (Å²) < 4.78 is 60.9. The van der Waals surface area contributed by atoms with Crippen LogP contribution in [0, 0.1) is 0 Å². The maximum absolute atomic E-state index is 12.5. The van der Waals surface area contributed by atoms with Crippen molar-refractivity contribution in [3.8, 4) is 0 Å². The first kappa shape index (κ1) is 21.2. The van der Waals surface area contributed by atoms with Crippen LogP contribution in [0.5, 0.6) is 0 Å². The second-order valence-electron chi connectivity index (χ2n) is 6.31. The number of amides is 3. The van der Waals surface area contributed by atoms with Crippen LogP contribution >= 0.6 is 0 Å². The van der Waals surface area contributed by atoms with Crippen LogP contribution in [0.1, 0.15) is 23.3 Å². The molecule has 18 heteroatoms. The molecule has 1 saturated heterocycles. The molecule has 4 N–H and O–H groups in total. The Kier molecular flexibility index (Phi) is 5.17. The molecule has 1 fully saturated rings. The third kappa shape index (κ3) is 4.11. The molecule has 2 aliphatic rings. The Labute approximate surface area is 164 Å². The molecule has 3 heterocycles. The molecule has 16 nitrogen and oxygen atoms in total. The molecule has 1 aromatic rings. The van der Waals surface area contributed by atoms with Crippen LogP contribution in [0.25, 0.3) is 0 Å². The van der Waals surface area contributed by atoms with Gasteiger partial charge in [-0.3, -0.25) is 4.55 Å². The lowest BCUT2D eigenvalue weighted by Crippen LogP contribution is -2.42. The smallest absolute Gasteiger partial charge is 0.418 e. The summed E-state index contributed by atoms with van der Waals surface area (Å²) in [6.45, 7) is -0.501. The number of hydrazine groups is 1. The number of carbonyl (C=O) groups excluding carboxylic acids is 1. The quantitative estimate of drug-likeness (QED) is 0.258. The number of hydroxylamine groups is 2. The van der Waals surface area contributed by atoms with Crippen molar-refractivity contribution in [3.63, 3.8) is 0 Å². The highest BCUT2D eigenvalue weighted by Gasteiger charge is 2.52. The van der Waals surface area contributed by atoms with E-state index in [1.54, 1.807) is 0 Å². The Morgan fingerprint density at radius 2 is 2.03 bits per heavy atom. The first-order valence-electron chi connectivity index (χ1n) is 7.83. The van der Waals surface area contributed by atoms with Crippen molar-refractivity contribution < 1.29 is 40.4 Å². The number of hydrogen-bond donors (Lipinski definition) is 4. The standard InChI is InChI=1S/C11H17N7O9S2/c1-15(2)14-28(22,23)17-4-6-8-5-16(11(21)18(8)27-29(24,25)26)7(9(6)13-17)3-12-10(19)20/h4,7-8,12,14H,3,5H2,1-2H3,(H,19,20)(H,24,25,26). The van der Waals surface area contributed by atoms with E-state index < -0.39 is 44.8 Å². The summed E-state index contributed by atoms with van der Waals surface area (Å²) in [5.41, 5.74) is 0.131. The monoisotopic (exact) mass is 455 g/mol. The highest BCUT2D eigenvalue weighted by atomic mass is 32.3. The van der Waals surface area contributed by atoms with Crippen molar-refractivity contribution in [1.29, 1.82) is 0 Å². The van der Waals surface area contributed by atoms with Gasteiger partial charge in [0.05, 0.1) is 18.3 Å². The minimum Gasteiger partial charge on any atom is -0.465 e. The predicted molar refractivity (Wildman–Crippen MR) is 91.5 cm³/mol. The molecule has 0 aromatic carbocycles. The van der Waals surface area contributed by atoms with Crippen LogP contribution in [0.4, 0.5) is 9.59 Å². The van der Waals surface area contributed by atoms with Crippen molar-refractivity contribution in [2.45, 2.75) is 12.1 Å². The van der Waals surface area contributed by atoms with Gasteiger partial charge in [0.25, 0.3) is 0 Å². The molecule has 2 atom stereocenters. The van der Waals surface area contributed by atoms with Gasteiger partial charge in [-0.25, -0.2) is 14.6 Å². The minimum atomic E-state index is -5.06. The summed E-state index contributed by atoms with van der Waals surface area (Å²) in [4.78, 5) is 26.6. The summed E-state index contributed by atoms with van der Waals surface area (Å²) in [5.74, 6) is 0. The molecule has 29 heavy (non-hydrogen) atoms. The van der Waals surface area contributed by atoms with Gasteiger partial charge in [-0.05, 0) is 0 Å². The van der Waals surface area contributed by atoms with Crippen LogP contribution in [-0.2, 0) is 24.9 Å². The van der Waals surface area contributed by atoms with Crippen molar-refractivity contribution in [2.24, 2.45) is 0 Å². The molecule has 0 aliphatic carbocycles. The number of hydrogen-bond acceptors (Lipinski definition) is 9. The van der Waals surface area contributed by atoms with E-state index in [2.05, 4.69) is 19.5 Å². The molecule has 2 aliphatic heterocycles. The lowest BCUT2D eigenvalue weighted by molar-refractivity contribution is -0.0317. The average molecular weight is 455 g/mol. The lowest BCUT2D eigenvalue weighted by atomic mass is 9.98. The topological polar surface area (TPSA) is 204 Å².